The van der Waals surface area contributed by atoms with Crippen LogP contribution >= 0.6 is 11.8 Å². The van der Waals surface area contributed by atoms with Crippen molar-refractivity contribution in [2.24, 2.45) is 11.7 Å². The van der Waals surface area contributed by atoms with E-state index in [1.54, 1.807) is 0 Å². The predicted molar refractivity (Wildman–Crippen MR) is 65.4 cm³/mol. The number of nitrogens with two attached hydrogens (primary N) is 1. The molecule has 0 aromatic carbocycles. The van der Waals surface area contributed by atoms with E-state index in [2.05, 4.69) is 13.8 Å². The number of carbonyl (C=O) groups excluding carboxylic acids is 1. The molecule has 0 saturated carbocycles. The van der Waals surface area contributed by atoms with Gasteiger partial charge in [0.1, 0.15) is 0 Å². The van der Waals surface area contributed by atoms with Gasteiger partial charge in [0.05, 0.1) is 19.1 Å². The molecule has 0 radical (unpaired) electrons. The number of hydrogen-bond acceptors (Lipinski definition) is 4. The van der Waals surface area contributed by atoms with Gasteiger partial charge in [0.25, 0.3) is 0 Å². The third-order valence-corrected chi connectivity index (χ3v) is 4.40. The van der Waals surface area contributed by atoms with E-state index in [-0.39, 0.29) is 17.9 Å². The second-order valence-corrected chi connectivity index (χ2v) is 6.69. The van der Waals surface area contributed by atoms with Gasteiger partial charge < -0.3 is 15.4 Å². The highest BCUT2D eigenvalue weighted by molar-refractivity contribution is 8.00. The van der Waals surface area contributed by atoms with Crippen LogP contribution < -0.4 is 5.73 Å². The molecule has 4 atom stereocenters. The normalized spacial score (nSPS) is 40.1. The van der Waals surface area contributed by atoms with E-state index < -0.39 is 0 Å². The number of nitrogens with zero attached hydrogens (tertiary/aromatic N) is 1. The Morgan fingerprint density at radius 2 is 1.94 bits per heavy atom. The Morgan fingerprint density at radius 3 is 2.44 bits per heavy atom. The SMILES string of the molecule is CC1CN(C(=O)C2COCC2N)CC(C)S1. The first-order chi connectivity index (χ1) is 7.58. The van der Waals surface area contributed by atoms with Crippen LogP contribution in [0.4, 0.5) is 0 Å². The largest absolute Gasteiger partial charge is 0.379 e. The Kier molecular flexibility index (Phi) is 3.77. The zero-order chi connectivity index (χ0) is 11.7. The summed E-state index contributed by atoms with van der Waals surface area (Å²) in [6.07, 6.45) is 0. The molecule has 0 spiro atoms. The molecule has 2 aliphatic heterocycles. The maximum absolute atomic E-state index is 12.3. The Morgan fingerprint density at radius 1 is 1.31 bits per heavy atom. The standard InChI is InChI=1S/C11H20N2O2S/c1-7-3-13(4-8(2)16-7)11(14)9-5-15-6-10(9)12/h7-10H,3-6,12H2,1-2H3. The molecule has 2 rings (SSSR count). The van der Waals surface area contributed by atoms with Gasteiger partial charge >= 0.3 is 0 Å². The first-order valence-corrected chi connectivity index (χ1v) is 6.79. The van der Waals surface area contributed by atoms with Gasteiger partial charge in [-0.25, -0.2) is 0 Å². The molecule has 16 heavy (non-hydrogen) atoms. The van der Waals surface area contributed by atoms with Crippen LogP contribution in [0.25, 0.3) is 0 Å². The predicted octanol–water partition coefficient (Wildman–Crippen LogP) is 0.313. The van der Waals surface area contributed by atoms with Crippen molar-refractivity contribution in [2.75, 3.05) is 26.3 Å². The Balaban J connectivity index is 1.98. The topological polar surface area (TPSA) is 55.6 Å². The highest BCUT2D eigenvalue weighted by Crippen LogP contribution is 2.26. The molecule has 0 aromatic heterocycles. The molecule has 0 aromatic rings. The quantitative estimate of drug-likeness (QED) is 0.721. The summed E-state index contributed by atoms with van der Waals surface area (Å²) in [6, 6.07) is -0.118. The summed E-state index contributed by atoms with van der Waals surface area (Å²) in [4.78, 5) is 14.2. The van der Waals surface area contributed by atoms with Crippen LogP contribution in [0.1, 0.15) is 13.8 Å². The van der Waals surface area contributed by atoms with Crippen LogP contribution in [0.2, 0.25) is 0 Å². The van der Waals surface area contributed by atoms with Gasteiger partial charge in [0.2, 0.25) is 5.91 Å². The van der Waals surface area contributed by atoms with Crippen LogP contribution in [0.15, 0.2) is 0 Å². The fourth-order valence-corrected chi connectivity index (χ4v) is 3.74. The Hall–Kier alpha value is -0.260. The van der Waals surface area contributed by atoms with Gasteiger partial charge in [0.15, 0.2) is 0 Å². The fourth-order valence-electron chi connectivity index (χ4n) is 2.42. The maximum Gasteiger partial charge on any atom is 0.229 e. The number of hydrogen-bond donors (Lipinski definition) is 1. The van der Waals surface area contributed by atoms with E-state index >= 15 is 0 Å². The minimum Gasteiger partial charge on any atom is -0.379 e. The van der Waals surface area contributed by atoms with Gasteiger partial charge in [-0.05, 0) is 0 Å². The molecule has 92 valence electrons. The molecule has 4 unspecified atom stereocenters. The van der Waals surface area contributed by atoms with Crippen molar-refractivity contribution in [3.8, 4) is 0 Å². The zero-order valence-electron chi connectivity index (χ0n) is 9.89. The van der Waals surface area contributed by atoms with E-state index in [0.717, 1.165) is 13.1 Å². The second kappa shape index (κ2) is 4.94. The minimum absolute atomic E-state index is 0.118. The van der Waals surface area contributed by atoms with Crippen LogP contribution in [-0.4, -0.2) is 53.7 Å². The molecule has 0 aliphatic carbocycles. The second-order valence-electron chi connectivity index (χ2n) is 4.81. The molecule has 2 N–H and O–H groups in total. The Bertz CT molecular complexity index is 265. The average molecular weight is 244 g/mol. The molecule has 2 saturated heterocycles. The van der Waals surface area contributed by atoms with Crippen molar-refractivity contribution in [1.29, 1.82) is 0 Å². The molecule has 2 heterocycles. The summed E-state index contributed by atoms with van der Waals surface area (Å²) in [6.45, 7) is 7.04. The van der Waals surface area contributed by atoms with Crippen molar-refractivity contribution in [3.05, 3.63) is 0 Å². The molecule has 1 amide bonds. The average Bonchev–Trinajstić information content (AvgIpc) is 2.62. The van der Waals surface area contributed by atoms with Gasteiger partial charge in [-0.1, -0.05) is 13.8 Å². The molecular formula is C11H20N2O2S. The lowest BCUT2D eigenvalue weighted by atomic mass is 10.0. The molecule has 4 nitrogen and oxygen atoms in total. The number of carbonyl (C=O) groups is 1. The van der Waals surface area contributed by atoms with E-state index in [0.29, 0.717) is 23.7 Å². The van der Waals surface area contributed by atoms with Crippen LogP contribution in [-0.2, 0) is 9.53 Å². The first-order valence-electron chi connectivity index (χ1n) is 5.85. The van der Waals surface area contributed by atoms with Crippen molar-refractivity contribution < 1.29 is 9.53 Å². The molecule has 2 fully saturated rings. The summed E-state index contributed by atoms with van der Waals surface area (Å²) in [5.74, 6) is 0.0616. The third-order valence-electron chi connectivity index (χ3n) is 3.17. The monoisotopic (exact) mass is 244 g/mol. The van der Waals surface area contributed by atoms with E-state index in [1.165, 1.54) is 0 Å². The lowest BCUT2D eigenvalue weighted by Gasteiger charge is -2.36. The number of ether oxygens (including phenoxy) is 1. The van der Waals surface area contributed by atoms with Gasteiger partial charge in [-0.2, -0.15) is 11.8 Å². The van der Waals surface area contributed by atoms with Crippen LogP contribution in [0.5, 0.6) is 0 Å². The van der Waals surface area contributed by atoms with Crippen LogP contribution in [0.3, 0.4) is 0 Å². The van der Waals surface area contributed by atoms with Crippen LogP contribution in [0, 0.1) is 5.92 Å². The van der Waals surface area contributed by atoms with E-state index in [1.807, 2.05) is 16.7 Å². The Labute approximate surface area is 101 Å². The summed E-state index contributed by atoms with van der Waals surface area (Å²) in [5, 5.41) is 1.04. The summed E-state index contributed by atoms with van der Waals surface area (Å²) in [5.41, 5.74) is 5.88. The summed E-state index contributed by atoms with van der Waals surface area (Å²) >= 11 is 1.95. The summed E-state index contributed by atoms with van der Waals surface area (Å²) in [7, 11) is 0. The van der Waals surface area contributed by atoms with Gasteiger partial charge in [-0.3, -0.25) is 4.79 Å². The van der Waals surface area contributed by atoms with E-state index in [9.17, 15) is 4.79 Å². The maximum atomic E-state index is 12.3. The van der Waals surface area contributed by atoms with Crippen molar-refractivity contribution in [2.45, 2.75) is 30.4 Å². The lowest BCUT2D eigenvalue weighted by molar-refractivity contribution is -0.135. The highest BCUT2D eigenvalue weighted by Gasteiger charge is 2.36. The minimum atomic E-state index is -0.123. The first kappa shape index (κ1) is 12.2. The molecule has 5 heteroatoms. The smallest absolute Gasteiger partial charge is 0.229 e. The molecule has 0 bridgehead atoms. The van der Waals surface area contributed by atoms with Gasteiger partial charge in [0, 0.05) is 29.6 Å². The fraction of sp³-hybridized carbons (Fsp3) is 0.909. The lowest BCUT2D eigenvalue weighted by Crippen LogP contribution is -2.49. The number of amides is 1. The molecular weight excluding hydrogens is 224 g/mol. The summed E-state index contributed by atoms with van der Waals surface area (Å²) < 4.78 is 5.26. The number of thioether (sulfide) groups is 1. The van der Waals surface area contributed by atoms with Gasteiger partial charge in [-0.15, -0.1) is 0 Å². The van der Waals surface area contributed by atoms with Crippen molar-refractivity contribution >= 4 is 17.7 Å². The van der Waals surface area contributed by atoms with E-state index in [4.69, 9.17) is 10.5 Å². The highest BCUT2D eigenvalue weighted by atomic mass is 32.2. The zero-order valence-corrected chi connectivity index (χ0v) is 10.7. The number of rotatable bonds is 1. The van der Waals surface area contributed by atoms with Crippen molar-refractivity contribution in [1.82, 2.24) is 4.90 Å². The van der Waals surface area contributed by atoms with Crippen molar-refractivity contribution in [3.63, 3.8) is 0 Å². The molecule has 2 aliphatic rings. The third kappa shape index (κ3) is 2.52.